The summed E-state index contributed by atoms with van der Waals surface area (Å²) >= 11 is 0. The Morgan fingerprint density at radius 2 is 1.88 bits per heavy atom. The van der Waals surface area contributed by atoms with Gasteiger partial charge in [0, 0.05) is 54.7 Å². The quantitative estimate of drug-likeness (QED) is 0.435. The second-order valence-corrected chi connectivity index (χ2v) is 10.5. The van der Waals surface area contributed by atoms with Gasteiger partial charge in [-0.15, -0.1) is 0 Å². The van der Waals surface area contributed by atoms with Crippen LogP contribution in [0.1, 0.15) is 18.4 Å². The Labute approximate surface area is 193 Å². The number of piperidine rings is 1. The molecular weight excluding hydrogens is 438 g/mol. The summed E-state index contributed by atoms with van der Waals surface area (Å²) in [5.74, 6) is 0. The average molecular weight is 466 g/mol. The van der Waals surface area contributed by atoms with Crippen LogP contribution in [0.25, 0.3) is 21.7 Å². The van der Waals surface area contributed by atoms with Crippen molar-refractivity contribution in [3.63, 3.8) is 0 Å². The minimum absolute atomic E-state index is 0.00296. The third kappa shape index (κ3) is 4.65. The molecule has 2 aromatic carbocycles. The van der Waals surface area contributed by atoms with Gasteiger partial charge in [-0.3, -0.25) is 4.98 Å². The Bertz CT molecular complexity index is 1370. The summed E-state index contributed by atoms with van der Waals surface area (Å²) in [7, 11) is -3.76. The van der Waals surface area contributed by atoms with Gasteiger partial charge in [0.25, 0.3) is 0 Å². The molecule has 0 atom stereocenters. The first-order valence-electron chi connectivity index (χ1n) is 11.2. The van der Waals surface area contributed by atoms with E-state index in [-0.39, 0.29) is 11.4 Å². The van der Waals surface area contributed by atoms with Gasteiger partial charge in [-0.05, 0) is 43.0 Å². The molecule has 0 radical (unpaired) electrons. The molecule has 0 unspecified atom stereocenters. The highest BCUT2D eigenvalue weighted by Crippen LogP contribution is 2.26. The fourth-order valence-electron chi connectivity index (χ4n) is 4.51. The predicted octanol–water partition coefficient (Wildman–Crippen LogP) is 3.33. The zero-order valence-corrected chi connectivity index (χ0v) is 19.1. The van der Waals surface area contributed by atoms with E-state index in [0.717, 1.165) is 29.3 Å². The number of pyridine rings is 1. The largest absolute Gasteiger partial charge is 0.464 e. The molecule has 5 rings (SSSR count). The Kier molecular flexibility index (Phi) is 5.92. The second kappa shape index (κ2) is 8.87. The van der Waals surface area contributed by atoms with Crippen molar-refractivity contribution in [3.8, 4) is 0 Å². The van der Waals surface area contributed by atoms with E-state index in [1.807, 2.05) is 30.5 Å². The molecule has 2 aromatic heterocycles. The van der Waals surface area contributed by atoms with Gasteiger partial charge in [-0.2, -0.15) is 0 Å². The van der Waals surface area contributed by atoms with E-state index in [2.05, 4.69) is 20.7 Å². The maximum atomic E-state index is 13.0. The van der Waals surface area contributed by atoms with Crippen LogP contribution in [0, 0.1) is 0 Å². The highest BCUT2D eigenvalue weighted by molar-refractivity contribution is 7.89. The Morgan fingerprint density at radius 1 is 1.06 bits per heavy atom. The van der Waals surface area contributed by atoms with Gasteiger partial charge >= 0.3 is 0 Å². The molecule has 172 valence electrons. The molecule has 4 aromatic rings. The van der Waals surface area contributed by atoms with Crippen molar-refractivity contribution in [1.82, 2.24) is 14.6 Å². The Hall–Kier alpha value is -2.78. The highest BCUT2D eigenvalue weighted by atomic mass is 32.2. The summed E-state index contributed by atoms with van der Waals surface area (Å²) in [6.07, 6.45) is 6.95. The number of aromatic nitrogens is 1. The SMILES string of the molecule is O=S(=O)(NCC1(O)CCN(CCc2coc3ccccc23)CC1)c1cccc2cnccc12. The molecule has 0 bridgehead atoms. The molecule has 2 N–H and O–H groups in total. The maximum absolute atomic E-state index is 13.0. The van der Waals surface area contributed by atoms with Gasteiger partial charge in [0.2, 0.25) is 10.0 Å². The number of likely N-dealkylation sites (tertiary alicyclic amines) is 1. The number of fused-ring (bicyclic) bond motifs is 2. The van der Waals surface area contributed by atoms with Gasteiger partial charge in [0.1, 0.15) is 5.58 Å². The number of benzene rings is 2. The first kappa shape index (κ1) is 22.0. The summed E-state index contributed by atoms with van der Waals surface area (Å²) in [6.45, 7) is 2.30. The molecule has 7 nitrogen and oxygen atoms in total. The first-order chi connectivity index (χ1) is 15.9. The van der Waals surface area contributed by atoms with E-state index in [4.69, 9.17) is 4.42 Å². The van der Waals surface area contributed by atoms with Crippen LogP contribution in [0.5, 0.6) is 0 Å². The molecule has 1 fully saturated rings. The zero-order valence-electron chi connectivity index (χ0n) is 18.3. The van der Waals surface area contributed by atoms with Crippen molar-refractivity contribution >= 4 is 31.8 Å². The molecular formula is C25H27N3O4S. The minimum atomic E-state index is -3.76. The molecule has 0 aliphatic carbocycles. The van der Waals surface area contributed by atoms with Crippen molar-refractivity contribution in [2.24, 2.45) is 0 Å². The van der Waals surface area contributed by atoms with Crippen LogP contribution < -0.4 is 4.72 Å². The van der Waals surface area contributed by atoms with Crippen molar-refractivity contribution < 1.29 is 17.9 Å². The number of para-hydroxylation sites is 1. The smallest absolute Gasteiger partial charge is 0.241 e. The molecule has 0 spiro atoms. The lowest BCUT2D eigenvalue weighted by Gasteiger charge is -2.38. The monoisotopic (exact) mass is 465 g/mol. The topological polar surface area (TPSA) is 95.7 Å². The molecule has 1 aliphatic heterocycles. The first-order valence-corrected chi connectivity index (χ1v) is 12.6. The number of nitrogens with zero attached hydrogens (tertiary/aromatic N) is 2. The van der Waals surface area contributed by atoms with Crippen LogP contribution >= 0.6 is 0 Å². The van der Waals surface area contributed by atoms with E-state index < -0.39 is 15.6 Å². The molecule has 1 saturated heterocycles. The van der Waals surface area contributed by atoms with Crippen molar-refractivity contribution in [2.45, 2.75) is 29.8 Å². The normalized spacial score (nSPS) is 17.0. The van der Waals surface area contributed by atoms with E-state index in [1.54, 1.807) is 30.6 Å². The predicted molar refractivity (Wildman–Crippen MR) is 127 cm³/mol. The van der Waals surface area contributed by atoms with Crippen LogP contribution in [0.3, 0.4) is 0 Å². The maximum Gasteiger partial charge on any atom is 0.241 e. The molecule has 3 heterocycles. The molecule has 0 amide bonds. The van der Waals surface area contributed by atoms with Crippen molar-refractivity contribution in [3.05, 3.63) is 72.8 Å². The van der Waals surface area contributed by atoms with Gasteiger partial charge in [-0.25, -0.2) is 13.1 Å². The van der Waals surface area contributed by atoms with Gasteiger partial charge in [0.15, 0.2) is 0 Å². The summed E-state index contributed by atoms with van der Waals surface area (Å²) in [5, 5.41) is 13.6. The van der Waals surface area contributed by atoms with Gasteiger partial charge in [0.05, 0.1) is 16.8 Å². The van der Waals surface area contributed by atoms with E-state index in [9.17, 15) is 13.5 Å². The lowest BCUT2D eigenvalue weighted by Crippen LogP contribution is -2.51. The second-order valence-electron chi connectivity index (χ2n) is 8.75. The minimum Gasteiger partial charge on any atom is -0.464 e. The summed E-state index contributed by atoms with van der Waals surface area (Å²) in [5.41, 5.74) is 1.03. The number of furan rings is 1. The summed E-state index contributed by atoms with van der Waals surface area (Å²) < 4.78 is 34.2. The number of aliphatic hydroxyl groups is 1. The summed E-state index contributed by atoms with van der Waals surface area (Å²) in [4.78, 5) is 6.57. The average Bonchev–Trinajstić information content (AvgIpc) is 3.25. The molecule has 33 heavy (non-hydrogen) atoms. The van der Waals surface area contributed by atoms with Crippen molar-refractivity contribution in [2.75, 3.05) is 26.2 Å². The van der Waals surface area contributed by atoms with Gasteiger partial charge in [-0.1, -0.05) is 30.3 Å². The molecule has 1 aliphatic rings. The lowest BCUT2D eigenvalue weighted by atomic mass is 9.91. The Morgan fingerprint density at radius 3 is 2.73 bits per heavy atom. The van der Waals surface area contributed by atoms with Crippen LogP contribution in [-0.4, -0.2) is 55.2 Å². The lowest BCUT2D eigenvalue weighted by molar-refractivity contribution is -0.0158. The number of hydrogen-bond donors (Lipinski definition) is 2. The standard InChI is InChI=1S/C25H27N3O4S/c29-25(18-27-33(30,31)24-7-3-4-19-16-26-12-8-22(19)24)10-14-28(15-11-25)13-9-20-17-32-23-6-2-1-5-21(20)23/h1-8,12,16-17,27,29H,9-11,13-15,18H2. The fourth-order valence-corrected chi connectivity index (χ4v) is 5.86. The zero-order chi connectivity index (χ0) is 22.9. The van der Waals surface area contributed by atoms with Crippen LogP contribution in [0.15, 0.2) is 76.5 Å². The fraction of sp³-hybridized carbons (Fsp3) is 0.320. The van der Waals surface area contributed by atoms with E-state index in [1.165, 1.54) is 5.56 Å². The van der Waals surface area contributed by atoms with Crippen LogP contribution in [0.2, 0.25) is 0 Å². The third-order valence-electron chi connectivity index (χ3n) is 6.57. The summed E-state index contributed by atoms with van der Waals surface area (Å²) in [6, 6.07) is 14.8. The Balaban J connectivity index is 1.18. The number of rotatable bonds is 7. The van der Waals surface area contributed by atoms with E-state index in [0.29, 0.717) is 31.3 Å². The molecule has 0 saturated carbocycles. The van der Waals surface area contributed by atoms with Crippen molar-refractivity contribution in [1.29, 1.82) is 0 Å². The van der Waals surface area contributed by atoms with Crippen LogP contribution in [-0.2, 0) is 16.4 Å². The van der Waals surface area contributed by atoms with Crippen LogP contribution in [0.4, 0.5) is 0 Å². The van der Waals surface area contributed by atoms with E-state index >= 15 is 0 Å². The molecule has 8 heteroatoms. The third-order valence-corrected chi connectivity index (χ3v) is 8.03. The number of nitrogens with one attached hydrogen (secondary N) is 1. The highest BCUT2D eigenvalue weighted by Gasteiger charge is 2.33. The number of hydrogen-bond acceptors (Lipinski definition) is 6. The number of sulfonamides is 1. The van der Waals surface area contributed by atoms with Gasteiger partial charge < -0.3 is 14.4 Å².